The van der Waals surface area contributed by atoms with E-state index in [0.29, 0.717) is 5.82 Å². The van der Waals surface area contributed by atoms with Gasteiger partial charge in [-0.05, 0) is 5.56 Å². The van der Waals surface area contributed by atoms with E-state index in [4.69, 9.17) is 0 Å². The largest absolute Gasteiger partial charge is 1.00 e. The number of H-pyrrole nitrogens is 1. The van der Waals surface area contributed by atoms with Crippen LogP contribution in [0, 0.1) is 0 Å². The van der Waals surface area contributed by atoms with Crippen molar-refractivity contribution >= 4 is 0 Å². The van der Waals surface area contributed by atoms with Crippen LogP contribution in [0.3, 0.4) is 0 Å². The molecule has 3 nitrogen and oxygen atoms in total. The Morgan fingerprint density at radius 1 is 1.20 bits per heavy atom. The van der Waals surface area contributed by atoms with E-state index >= 15 is 0 Å². The zero-order valence-corrected chi connectivity index (χ0v) is 10.7. The fraction of sp³-hybridized carbons (Fsp3) is 0.182. The molecule has 0 atom stereocenters. The maximum atomic E-state index is 10.5. The summed E-state index contributed by atoms with van der Waals surface area (Å²) in [6, 6.07) is 10.1. The van der Waals surface area contributed by atoms with Crippen LogP contribution in [0.4, 0.5) is 0 Å². The molecule has 0 aliphatic rings. The molecule has 72 valence electrons. The van der Waals surface area contributed by atoms with Crippen molar-refractivity contribution in [3.63, 3.8) is 0 Å². The van der Waals surface area contributed by atoms with Crippen molar-refractivity contribution in [1.82, 2.24) is 9.97 Å². The molecule has 1 aromatic carbocycles. The number of nitrogens with one attached hydrogen (secondary N) is 1. The van der Waals surface area contributed by atoms with Crippen molar-refractivity contribution in [1.29, 1.82) is 0 Å². The fourth-order valence-corrected chi connectivity index (χ4v) is 1.37. The van der Waals surface area contributed by atoms with E-state index in [9.17, 15) is 5.11 Å². The smallest absolute Gasteiger partial charge is 0.849 e. The van der Waals surface area contributed by atoms with Crippen molar-refractivity contribution in [2.75, 3.05) is 0 Å². The van der Waals surface area contributed by atoms with Gasteiger partial charge >= 0.3 is 29.6 Å². The van der Waals surface area contributed by atoms with E-state index in [2.05, 4.69) is 9.97 Å². The van der Waals surface area contributed by atoms with Gasteiger partial charge in [-0.1, -0.05) is 36.9 Å². The molecule has 15 heavy (non-hydrogen) atoms. The summed E-state index contributed by atoms with van der Waals surface area (Å²) in [6.45, 7) is -0.283. The van der Waals surface area contributed by atoms with E-state index in [1.807, 2.05) is 30.3 Å². The summed E-state index contributed by atoms with van der Waals surface area (Å²) in [5, 5.41) is 10.5. The first-order valence-corrected chi connectivity index (χ1v) is 4.53. The molecule has 0 amide bonds. The Kier molecular flexibility index (Phi) is 5.05. The fourth-order valence-electron chi connectivity index (χ4n) is 1.37. The average Bonchev–Trinajstić information content (AvgIpc) is 2.67. The van der Waals surface area contributed by atoms with Gasteiger partial charge in [0.05, 0.1) is 11.5 Å². The third-order valence-corrected chi connectivity index (χ3v) is 2.05. The standard InChI is InChI=1S/C11H11N2O.Na/c14-8-11-12-7-10(13-11)6-9-4-2-1-3-5-9;/h1-5,7H,6,8H2,(H,12,13);/q-1;+1. The number of nitrogens with zero attached hydrogens (tertiary/aromatic N) is 1. The zero-order chi connectivity index (χ0) is 9.80. The molecule has 0 fully saturated rings. The SMILES string of the molecule is [Na+].[O-]Cc1nc(Cc2ccccc2)c[nH]1. The van der Waals surface area contributed by atoms with Crippen molar-refractivity contribution in [2.24, 2.45) is 0 Å². The first-order valence-electron chi connectivity index (χ1n) is 4.53. The Morgan fingerprint density at radius 3 is 2.53 bits per heavy atom. The van der Waals surface area contributed by atoms with Crippen LogP contribution < -0.4 is 34.7 Å². The summed E-state index contributed by atoms with van der Waals surface area (Å²) in [4.78, 5) is 7.01. The van der Waals surface area contributed by atoms with E-state index in [1.54, 1.807) is 6.20 Å². The Bertz CT molecular complexity index is 400. The van der Waals surface area contributed by atoms with Gasteiger partial charge in [-0.25, -0.2) is 4.98 Å². The molecular weight excluding hydrogens is 199 g/mol. The third-order valence-electron chi connectivity index (χ3n) is 2.05. The average molecular weight is 210 g/mol. The van der Waals surface area contributed by atoms with Crippen molar-refractivity contribution < 1.29 is 34.7 Å². The van der Waals surface area contributed by atoms with Gasteiger partial charge in [-0.2, -0.15) is 0 Å². The summed E-state index contributed by atoms with van der Waals surface area (Å²) in [7, 11) is 0. The summed E-state index contributed by atoms with van der Waals surface area (Å²) in [5.41, 5.74) is 2.12. The van der Waals surface area contributed by atoms with Gasteiger partial charge in [0.1, 0.15) is 0 Å². The van der Waals surface area contributed by atoms with E-state index < -0.39 is 0 Å². The van der Waals surface area contributed by atoms with E-state index in [0.717, 1.165) is 12.1 Å². The second kappa shape index (κ2) is 6.08. The summed E-state index contributed by atoms with van der Waals surface area (Å²) in [6.07, 6.45) is 2.57. The minimum atomic E-state index is -0.283. The molecular formula is C11H11N2NaO. The summed E-state index contributed by atoms with van der Waals surface area (Å²) >= 11 is 0. The Morgan fingerprint density at radius 2 is 1.93 bits per heavy atom. The second-order valence-corrected chi connectivity index (χ2v) is 3.15. The summed E-state index contributed by atoms with van der Waals surface area (Å²) in [5.74, 6) is 0.510. The Labute approximate surface area is 111 Å². The molecule has 2 aromatic rings. The van der Waals surface area contributed by atoms with Crippen LogP contribution in [0.15, 0.2) is 36.5 Å². The molecule has 1 aromatic heterocycles. The molecule has 0 aliphatic heterocycles. The maximum absolute atomic E-state index is 10.5. The van der Waals surface area contributed by atoms with Gasteiger partial charge in [-0.3, -0.25) is 0 Å². The topological polar surface area (TPSA) is 51.7 Å². The first kappa shape index (κ1) is 12.5. The number of hydrogen-bond donors (Lipinski definition) is 1. The Hall–Kier alpha value is -0.610. The van der Waals surface area contributed by atoms with Gasteiger partial charge in [0.25, 0.3) is 0 Å². The second-order valence-electron chi connectivity index (χ2n) is 3.15. The minimum Gasteiger partial charge on any atom is -0.849 e. The van der Waals surface area contributed by atoms with Crippen molar-refractivity contribution in [2.45, 2.75) is 13.0 Å². The van der Waals surface area contributed by atoms with Crippen LogP contribution in [0.5, 0.6) is 0 Å². The number of aromatic amines is 1. The van der Waals surface area contributed by atoms with Gasteiger partial charge in [0, 0.05) is 12.6 Å². The molecule has 0 spiro atoms. The van der Waals surface area contributed by atoms with E-state index in [1.165, 1.54) is 5.56 Å². The van der Waals surface area contributed by atoms with Gasteiger partial charge < -0.3 is 10.1 Å². The number of benzene rings is 1. The van der Waals surface area contributed by atoms with Gasteiger partial charge in [-0.15, -0.1) is 0 Å². The van der Waals surface area contributed by atoms with Gasteiger partial charge in [0.2, 0.25) is 0 Å². The molecule has 0 bridgehead atoms. The minimum absolute atomic E-state index is 0. The van der Waals surface area contributed by atoms with Crippen LogP contribution in [0.25, 0.3) is 0 Å². The molecule has 2 rings (SSSR count). The molecule has 0 unspecified atom stereocenters. The molecule has 0 saturated carbocycles. The predicted octanol–water partition coefficient (Wildman–Crippen LogP) is -2.14. The van der Waals surface area contributed by atoms with Crippen LogP contribution in [0.2, 0.25) is 0 Å². The Balaban J connectivity index is 0.00000112. The van der Waals surface area contributed by atoms with Crippen molar-refractivity contribution in [3.8, 4) is 0 Å². The van der Waals surface area contributed by atoms with Crippen LogP contribution in [-0.4, -0.2) is 9.97 Å². The number of hydrogen-bond acceptors (Lipinski definition) is 2. The number of imidazole rings is 1. The molecule has 1 heterocycles. The molecule has 0 saturated heterocycles. The molecule has 1 N–H and O–H groups in total. The van der Waals surface area contributed by atoms with Crippen molar-refractivity contribution in [3.05, 3.63) is 53.6 Å². The first-order chi connectivity index (χ1) is 6.88. The molecule has 0 radical (unpaired) electrons. The summed E-state index contributed by atoms with van der Waals surface area (Å²) < 4.78 is 0. The van der Waals surface area contributed by atoms with Crippen LogP contribution >= 0.6 is 0 Å². The van der Waals surface area contributed by atoms with Crippen LogP contribution in [-0.2, 0) is 13.0 Å². The number of rotatable bonds is 3. The van der Waals surface area contributed by atoms with Crippen LogP contribution in [0.1, 0.15) is 17.1 Å². The third kappa shape index (κ3) is 3.47. The van der Waals surface area contributed by atoms with E-state index in [-0.39, 0.29) is 36.2 Å². The normalized spacial score (nSPS) is 9.67. The number of aromatic nitrogens is 2. The maximum Gasteiger partial charge on any atom is 1.00 e. The zero-order valence-electron chi connectivity index (χ0n) is 8.73. The quantitative estimate of drug-likeness (QED) is 0.588. The predicted molar refractivity (Wildman–Crippen MR) is 51.5 cm³/mol. The van der Waals surface area contributed by atoms with Gasteiger partial charge in [0.15, 0.2) is 0 Å². The molecule has 0 aliphatic carbocycles. The monoisotopic (exact) mass is 210 g/mol. The molecule has 4 heteroatoms.